The Bertz CT molecular complexity index is 1370. The highest BCUT2D eigenvalue weighted by Crippen LogP contribution is 2.29. The Balaban J connectivity index is 1.33. The summed E-state index contributed by atoms with van der Waals surface area (Å²) in [5, 5.41) is 16.9. The van der Waals surface area contributed by atoms with Gasteiger partial charge in [0.15, 0.2) is 11.5 Å². The first kappa shape index (κ1) is 22.4. The van der Waals surface area contributed by atoms with E-state index >= 15 is 0 Å². The number of hydrogen-bond acceptors (Lipinski definition) is 9. The lowest BCUT2D eigenvalue weighted by molar-refractivity contribution is -0.136. The minimum atomic E-state index is -0.905. The third-order valence-corrected chi connectivity index (χ3v) is 6.01. The van der Waals surface area contributed by atoms with Crippen LogP contribution in [0.5, 0.6) is 0 Å². The van der Waals surface area contributed by atoms with Crippen LogP contribution >= 0.6 is 0 Å². The van der Waals surface area contributed by atoms with E-state index in [1.807, 2.05) is 0 Å². The fourth-order valence-electron chi connectivity index (χ4n) is 4.14. The van der Waals surface area contributed by atoms with Crippen molar-refractivity contribution < 1.29 is 23.7 Å². The number of nitrogens with one attached hydrogen (secondary N) is 2. The summed E-state index contributed by atoms with van der Waals surface area (Å²) in [6.07, 6.45) is 1.93. The number of hydrogen-bond donors (Lipinski definition) is 2. The van der Waals surface area contributed by atoms with Crippen molar-refractivity contribution in [1.29, 1.82) is 0 Å². The molecule has 2 aromatic heterocycles. The van der Waals surface area contributed by atoms with Crippen LogP contribution < -0.4 is 10.6 Å². The van der Waals surface area contributed by atoms with E-state index in [1.165, 1.54) is 15.8 Å². The van der Waals surface area contributed by atoms with Crippen molar-refractivity contribution in [3.63, 3.8) is 0 Å². The summed E-state index contributed by atoms with van der Waals surface area (Å²) >= 11 is 0. The zero-order valence-corrected chi connectivity index (χ0v) is 19.2. The van der Waals surface area contributed by atoms with E-state index in [9.17, 15) is 19.2 Å². The Hall–Kier alpha value is -4.42. The second-order valence-electron chi connectivity index (χ2n) is 9.01. The molecule has 2 aliphatic heterocycles. The van der Waals surface area contributed by atoms with Crippen LogP contribution in [0.4, 0.5) is 0 Å². The van der Waals surface area contributed by atoms with E-state index < -0.39 is 23.4 Å². The Labute approximate surface area is 198 Å². The Kier molecular flexibility index (Phi) is 5.19. The van der Waals surface area contributed by atoms with Gasteiger partial charge in [0.1, 0.15) is 6.04 Å². The molecule has 13 nitrogen and oxygen atoms in total. The zero-order valence-electron chi connectivity index (χ0n) is 19.2. The highest BCUT2D eigenvalue weighted by molar-refractivity contribution is 6.05. The Morgan fingerprint density at radius 2 is 2.06 bits per heavy atom. The van der Waals surface area contributed by atoms with Crippen molar-refractivity contribution >= 4 is 23.6 Å². The van der Waals surface area contributed by atoms with Crippen LogP contribution in [-0.4, -0.2) is 59.7 Å². The number of benzene rings is 1. The summed E-state index contributed by atoms with van der Waals surface area (Å²) in [5.41, 5.74) is 0.885. The Morgan fingerprint density at radius 1 is 1.26 bits per heavy atom. The predicted molar refractivity (Wildman–Crippen MR) is 117 cm³/mol. The molecule has 0 radical (unpaired) electrons. The van der Waals surface area contributed by atoms with Gasteiger partial charge in [-0.2, -0.15) is 4.98 Å². The number of aryl methyl sites for hydroxylation is 1. The fourth-order valence-corrected chi connectivity index (χ4v) is 4.14. The number of amides is 4. The van der Waals surface area contributed by atoms with E-state index in [1.54, 1.807) is 39.0 Å². The standard InChI is InChI=1S/C22H22N8O5/c1-11-23-21(27-35-11)22(2,3)25-18(32)15-10-30(28-26-15)13-5-4-12-9-29(20(34)14(12)8-13)16-6-7-17(31)24-19(16)33/h4-5,8,10,16H,6-7,9H2,1-3H3,(H,25,32)(H,24,31,33). The molecular weight excluding hydrogens is 456 g/mol. The first-order chi connectivity index (χ1) is 16.6. The lowest BCUT2D eigenvalue weighted by atomic mass is 10.0. The molecule has 4 amide bonds. The first-order valence-corrected chi connectivity index (χ1v) is 11.0. The molecule has 0 aliphatic carbocycles. The van der Waals surface area contributed by atoms with Crippen molar-refractivity contribution in [3.8, 4) is 5.69 Å². The molecule has 1 aromatic carbocycles. The summed E-state index contributed by atoms with van der Waals surface area (Å²) in [6.45, 7) is 5.40. The molecular formula is C22H22N8O5. The predicted octanol–water partition coefficient (Wildman–Crippen LogP) is 0.385. The van der Waals surface area contributed by atoms with Gasteiger partial charge in [-0.3, -0.25) is 24.5 Å². The number of nitrogens with zero attached hydrogens (tertiary/aromatic N) is 6. The van der Waals surface area contributed by atoms with Crippen LogP contribution in [0.1, 0.15) is 64.8 Å². The van der Waals surface area contributed by atoms with Crippen molar-refractivity contribution in [1.82, 2.24) is 40.7 Å². The van der Waals surface area contributed by atoms with E-state index in [4.69, 9.17) is 4.52 Å². The maximum Gasteiger partial charge on any atom is 0.274 e. The van der Waals surface area contributed by atoms with Crippen LogP contribution in [0, 0.1) is 6.92 Å². The molecule has 180 valence electrons. The van der Waals surface area contributed by atoms with Gasteiger partial charge in [-0.25, -0.2) is 4.68 Å². The van der Waals surface area contributed by atoms with Gasteiger partial charge in [0.2, 0.25) is 17.7 Å². The van der Waals surface area contributed by atoms with Crippen molar-refractivity contribution in [2.45, 2.75) is 51.7 Å². The third-order valence-electron chi connectivity index (χ3n) is 6.01. The lowest BCUT2D eigenvalue weighted by Crippen LogP contribution is -2.52. The average molecular weight is 478 g/mol. The molecule has 5 rings (SSSR count). The van der Waals surface area contributed by atoms with Gasteiger partial charge in [-0.15, -0.1) is 5.10 Å². The minimum absolute atomic E-state index is 0.0651. The number of aromatic nitrogens is 5. The summed E-state index contributed by atoms with van der Waals surface area (Å²) < 4.78 is 6.38. The quantitative estimate of drug-likeness (QED) is 0.493. The van der Waals surface area contributed by atoms with Gasteiger partial charge in [0.05, 0.1) is 17.4 Å². The lowest BCUT2D eigenvalue weighted by Gasteiger charge is -2.29. The molecule has 1 unspecified atom stereocenters. The maximum absolute atomic E-state index is 13.0. The molecule has 1 fully saturated rings. The van der Waals surface area contributed by atoms with Gasteiger partial charge in [0.25, 0.3) is 11.8 Å². The smallest absolute Gasteiger partial charge is 0.274 e. The molecule has 1 atom stereocenters. The molecule has 1 saturated heterocycles. The van der Waals surface area contributed by atoms with E-state index in [-0.39, 0.29) is 30.5 Å². The molecule has 0 spiro atoms. The topological polar surface area (TPSA) is 165 Å². The number of fused-ring (bicyclic) bond motifs is 1. The van der Waals surface area contributed by atoms with E-state index in [0.717, 1.165) is 5.56 Å². The first-order valence-electron chi connectivity index (χ1n) is 11.0. The monoisotopic (exact) mass is 478 g/mol. The maximum atomic E-state index is 13.0. The molecule has 35 heavy (non-hydrogen) atoms. The average Bonchev–Trinajstić information content (AvgIpc) is 3.53. The highest BCUT2D eigenvalue weighted by atomic mass is 16.5. The molecule has 3 aromatic rings. The Morgan fingerprint density at radius 3 is 2.77 bits per heavy atom. The van der Waals surface area contributed by atoms with E-state index in [2.05, 4.69) is 31.1 Å². The third kappa shape index (κ3) is 4.05. The summed E-state index contributed by atoms with van der Waals surface area (Å²) in [4.78, 5) is 55.1. The number of piperidine rings is 1. The van der Waals surface area contributed by atoms with Crippen LogP contribution in [0.15, 0.2) is 28.9 Å². The van der Waals surface area contributed by atoms with E-state index in [0.29, 0.717) is 29.4 Å². The molecule has 0 bridgehead atoms. The van der Waals surface area contributed by atoms with Crippen molar-refractivity contribution in [2.75, 3.05) is 0 Å². The van der Waals surface area contributed by atoms with Crippen LogP contribution in [0.3, 0.4) is 0 Å². The van der Waals surface area contributed by atoms with Crippen LogP contribution in [0.25, 0.3) is 5.69 Å². The van der Waals surface area contributed by atoms with Crippen molar-refractivity contribution in [2.24, 2.45) is 0 Å². The van der Waals surface area contributed by atoms with Crippen molar-refractivity contribution in [3.05, 3.63) is 52.9 Å². The number of rotatable bonds is 5. The van der Waals surface area contributed by atoms with Gasteiger partial charge < -0.3 is 14.7 Å². The second-order valence-corrected chi connectivity index (χ2v) is 9.01. The molecule has 2 aliphatic rings. The van der Waals surface area contributed by atoms with Crippen LogP contribution in [0.2, 0.25) is 0 Å². The molecule has 0 saturated carbocycles. The summed E-state index contributed by atoms with van der Waals surface area (Å²) in [7, 11) is 0. The molecule has 13 heteroatoms. The zero-order chi connectivity index (χ0) is 24.9. The minimum Gasteiger partial charge on any atom is -0.340 e. The largest absolute Gasteiger partial charge is 0.340 e. The van der Waals surface area contributed by atoms with Gasteiger partial charge in [-0.05, 0) is 38.0 Å². The second kappa shape index (κ2) is 8.11. The SMILES string of the molecule is Cc1nc(C(C)(C)NC(=O)c2cn(-c3ccc4c(c3)C(=O)N(C3CCC(=O)NC3=O)C4)nn2)no1. The van der Waals surface area contributed by atoms with Gasteiger partial charge >= 0.3 is 0 Å². The molecule has 2 N–H and O–H groups in total. The fraction of sp³-hybridized carbons (Fsp3) is 0.364. The van der Waals surface area contributed by atoms with Crippen LogP contribution in [-0.2, 0) is 21.7 Å². The summed E-state index contributed by atoms with van der Waals surface area (Å²) in [6, 6.07) is 4.48. The van der Waals surface area contributed by atoms with Gasteiger partial charge in [-0.1, -0.05) is 16.4 Å². The highest BCUT2D eigenvalue weighted by Gasteiger charge is 2.39. The molecule has 4 heterocycles. The number of carbonyl (C=O) groups is 4. The number of imide groups is 1. The normalized spacial score (nSPS) is 18.0. The van der Waals surface area contributed by atoms with Gasteiger partial charge in [0, 0.05) is 25.5 Å². The number of carbonyl (C=O) groups excluding carboxylic acids is 4. The summed E-state index contributed by atoms with van der Waals surface area (Å²) in [5.74, 6) is -0.867.